The predicted molar refractivity (Wildman–Crippen MR) is 74.6 cm³/mol. The summed E-state index contributed by atoms with van der Waals surface area (Å²) in [5, 5.41) is 1.09. The van der Waals surface area contributed by atoms with Crippen LogP contribution in [0.25, 0.3) is 0 Å². The Labute approximate surface area is 110 Å². The third kappa shape index (κ3) is 4.28. The molecule has 0 aliphatic heterocycles. The Kier molecular flexibility index (Phi) is 5.91. The maximum atomic E-state index is 3.62. The summed E-state index contributed by atoms with van der Waals surface area (Å²) in [6.45, 7) is 4.60. The van der Waals surface area contributed by atoms with Crippen molar-refractivity contribution >= 4 is 31.9 Å². The molecule has 0 spiro atoms. The van der Waals surface area contributed by atoms with Gasteiger partial charge in [-0.05, 0) is 36.0 Å². The zero-order valence-electron chi connectivity index (χ0n) is 9.34. The molecule has 0 fully saturated rings. The quantitative estimate of drug-likeness (QED) is 0.661. The summed E-state index contributed by atoms with van der Waals surface area (Å²) in [7, 11) is 0. The van der Waals surface area contributed by atoms with Crippen molar-refractivity contribution in [1.82, 2.24) is 0 Å². The summed E-state index contributed by atoms with van der Waals surface area (Å²) < 4.78 is 1.18. The SMILES string of the molecule is CCC(C)C(CBr)Cc1cccc(Br)c1. The van der Waals surface area contributed by atoms with Crippen LogP contribution in [-0.2, 0) is 6.42 Å². The van der Waals surface area contributed by atoms with Crippen LogP contribution in [0.5, 0.6) is 0 Å². The van der Waals surface area contributed by atoms with Crippen molar-refractivity contribution in [2.24, 2.45) is 11.8 Å². The molecule has 0 saturated carbocycles. The highest BCUT2D eigenvalue weighted by molar-refractivity contribution is 9.10. The minimum atomic E-state index is 0.740. The number of alkyl halides is 1. The van der Waals surface area contributed by atoms with Crippen LogP contribution in [0.3, 0.4) is 0 Å². The lowest BCUT2D eigenvalue weighted by molar-refractivity contribution is 0.383. The van der Waals surface area contributed by atoms with Gasteiger partial charge in [0.2, 0.25) is 0 Å². The molecule has 1 aromatic rings. The first-order chi connectivity index (χ1) is 7.17. The Morgan fingerprint density at radius 1 is 1.33 bits per heavy atom. The van der Waals surface area contributed by atoms with Gasteiger partial charge in [-0.3, -0.25) is 0 Å². The molecular formula is C13H18Br2. The molecule has 0 bridgehead atoms. The Hall–Kier alpha value is 0.180. The van der Waals surface area contributed by atoms with E-state index in [1.807, 2.05) is 0 Å². The first-order valence-corrected chi connectivity index (χ1v) is 7.39. The van der Waals surface area contributed by atoms with Crippen LogP contribution in [0.2, 0.25) is 0 Å². The maximum Gasteiger partial charge on any atom is 0.0177 e. The van der Waals surface area contributed by atoms with E-state index < -0.39 is 0 Å². The molecular weight excluding hydrogens is 316 g/mol. The maximum absolute atomic E-state index is 3.62. The van der Waals surface area contributed by atoms with E-state index in [0.717, 1.165) is 17.2 Å². The zero-order chi connectivity index (χ0) is 11.3. The summed E-state index contributed by atoms with van der Waals surface area (Å²) in [4.78, 5) is 0. The summed E-state index contributed by atoms with van der Waals surface area (Å²) in [6, 6.07) is 8.62. The Balaban J connectivity index is 2.66. The highest BCUT2D eigenvalue weighted by Crippen LogP contribution is 2.23. The minimum absolute atomic E-state index is 0.740. The van der Waals surface area contributed by atoms with Gasteiger partial charge in [-0.2, -0.15) is 0 Å². The van der Waals surface area contributed by atoms with Gasteiger partial charge in [0, 0.05) is 9.80 Å². The van der Waals surface area contributed by atoms with Crippen LogP contribution in [0.4, 0.5) is 0 Å². The van der Waals surface area contributed by atoms with E-state index >= 15 is 0 Å². The monoisotopic (exact) mass is 332 g/mol. The second-order valence-electron chi connectivity index (χ2n) is 4.13. The number of hydrogen-bond donors (Lipinski definition) is 0. The van der Waals surface area contributed by atoms with Crippen molar-refractivity contribution in [3.05, 3.63) is 34.3 Å². The second-order valence-corrected chi connectivity index (χ2v) is 5.70. The smallest absolute Gasteiger partial charge is 0.0177 e. The minimum Gasteiger partial charge on any atom is -0.0925 e. The van der Waals surface area contributed by atoms with E-state index in [1.54, 1.807) is 0 Å². The molecule has 0 saturated heterocycles. The van der Waals surface area contributed by atoms with Crippen molar-refractivity contribution in [2.75, 3.05) is 5.33 Å². The lowest BCUT2D eigenvalue weighted by Crippen LogP contribution is -2.15. The number of halogens is 2. The zero-order valence-corrected chi connectivity index (χ0v) is 12.5. The fourth-order valence-electron chi connectivity index (χ4n) is 1.71. The molecule has 1 aromatic carbocycles. The molecule has 0 aromatic heterocycles. The molecule has 2 unspecified atom stereocenters. The second kappa shape index (κ2) is 6.70. The van der Waals surface area contributed by atoms with Crippen LogP contribution in [0.1, 0.15) is 25.8 Å². The van der Waals surface area contributed by atoms with Crippen molar-refractivity contribution < 1.29 is 0 Å². The summed E-state index contributed by atoms with van der Waals surface area (Å²) >= 11 is 7.14. The van der Waals surface area contributed by atoms with Crippen LogP contribution >= 0.6 is 31.9 Å². The van der Waals surface area contributed by atoms with Gasteiger partial charge < -0.3 is 0 Å². The van der Waals surface area contributed by atoms with Gasteiger partial charge in [0.05, 0.1) is 0 Å². The lowest BCUT2D eigenvalue weighted by atomic mass is 9.88. The Morgan fingerprint density at radius 3 is 2.60 bits per heavy atom. The largest absolute Gasteiger partial charge is 0.0925 e. The van der Waals surface area contributed by atoms with E-state index in [1.165, 1.54) is 22.9 Å². The fraction of sp³-hybridized carbons (Fsp3) is 0.538. The highest BCUT2D eigenvalue weighted by atomic mass is 79.9. The van der Waals surface area contributed by atoms with Gasteiger partial charge in [0.15, 0.2) is 0 Å². The van der Waals surface area contributed by atoms with Gasteiger partial charge in [-0.15, -0.1) is 0 Å². The molecule has 0 amide bonds. The van der Waals surface area contributed by atoms with Gasteiger partial charge >= 0.3 is 0 Å². The third-order valence-electron chi connectivity index (χ3n) is 3.03. The van der Waals surface area contributed by atoms with Crippen molar-refractivity contribution in [3.63, 3.8) is 0 Å². The van der Waals surface area contributed by atoms with Gasteiger partial charge in [0.25, 0.3) is 0 Å². The summed E-state index contributed by atoms with van der Waals surface area (Å²) in [5.74, 6) is 1.52. The average molecular weight is 334 g/mol. The van der Waals surface area contributed by atoms with E-state index in [2.05, 4.69) is 70.0 Å². The highest BCUT2D eigenvalue weighted by Gasteiger charge is 2.14. The molecule has 0 N–H and O–H groups in total. The fourth-order valence-corrected chi connectivity index (χ4v) is 3.02. The molecule has 2 atom stereocenters. The van der Waals surface area contributed by atoms with Crippen LogP contribution in [0.15, 0.2) is 28.7 Å². The van der Waals surface area contributed by atoms with Crippen molar-refractivity contribution in [1.29, 1.82) is 0 Å². The first kappa shape index (κ1) is 13.2. The molecule has 0 heterocycles. The standard InChI is InChI=1S/C13H18Br2/c1-3-10(2)12(9-14)7-11-5-4-6-13(15)8-11/h4-6,8,10,12H,3,7,9H2,1-2H3. The molecule has 15 heavy (non-hydrogen) atoms. The number of rotatable bonds is 5. The van der Waals surface area contributed by atoms with Crippen LogP contribution < -0.4 is 0 Å². The summed E-state index contributed by atoms with van der Waals surface area (Å²) in [5.41, 5.74) is 1.43. The van der Waals surface area contributed by atoms with E-state index in [4.69, 9.17) is 0 Å². The van der Waals surface area contributed by atoms with E-state index in [-0.39, 0.29) is 0 Å². The van der Waals surface area contributed by atoms with Gasteiger partial charge in [0.1, 0.15) is 0 Å². The topological polar surface area (TPSA) is 0 Å². The van der Waals surface area contributed by atoms with E-state index in [9.17, 15) is 0 Å². The van der Waals surface area contributed by atoms with Gasteiger partial charge in [-0.1, -0.05) is 64.3 Å². The van der Waals surface area contributed by atoms with Gasteiger partial charge in [-0.25, -0.2) is 0 Å². The molecule has 1 rings (SSSR count). The molecule has 0 nitrogen and oxygen atoms in total. The predicted octanol–water partition coefficient (Wildman–Crippen LogP) is 5.05. The van der Waals surface area contributed by atoms with Crippen LogP contribution in [-0.4, -0.2) is 5.33 Å². The molecule has 84 valence electrons. The van der Waals surface area contributed by atoms with E-state index in [0.29, 0.717) is 0 Å². The average Bonchev–Trinajstić information content (AvgIpc) is 2.25. The molecule has 0 aliphatic carbocycles. The molecule has 0 aliphatic rings. The number of benzene rings is 1. The third-order valence-corrected chi connectivity index (χ3v) is 4.36. The Morgan fingerprint density at radius 2 is 2.07 bits per heavy atom. The molecule has 2 heteroatoms. The number of hydrogen-bond acceptors (Lipinski definition) is 0. The Bertz CT molecular complexity index is 296. The normalized spacial score (nSPS) is 14.9. The lowest BCUT2D eigenvalue weighted by Gasteiger charge is -2.20. The molecule has 0 radical (unpaired) electrons. The van der Waals surface area contributed by atoms with Crippen molar-refractivity contribution in [2.45, 2.75) is 26.7 Å². The summed E-state index contributed by atoms with van der Waals surface area (Å²) in [6.07, 6.45) is 2.42. The van der Waals surface area contributed by atoms with Crippen LogP contribution in [0, 0.1) is 11.8 Å². The first-order valence-electron chi connectivity index (χ1n) is 5.47. The van der Waals surface area contributed by atoms with Crippen molar-refractivity contribution in [3.8, 4) is 0 Å².